The van der Waals surface area contributed by atoms with Crippen LogP contribution in [0.3, 0.4) is 0 Å². The first-order chi connectivity index (χ1) is 13.9. The van der Waals surface area contributed by atoms with E-state index in [1.165, 1.54) is 24.7 Å². The van der Waals surface area contributed by atoms with E-state index in [2.05, 4.69) is 40.7 Å². The summed E-state index contributed by atoms with van der Waals surface area (Å²) < 4.78 is 31.7. The Morgan fingerprint density at radius 1 is 1.21 bits per heavy atom. The van der Waals surface area contributed by atoms with Crippen molar-refractivity contribution in [1.82, 2.24) is 14.9 Å². The number of aliphatic imine (C=N–C) groups is 1. The van der Waals surface area contributed by atoms with Gasteiger partial charge in [0.1, 0.15) is 5.75 Å². The molecule has 162 valence electrons. The van der Waals surface area contributed by atoms with Gasteiger partial charge in [-0.2, -0.15) is 4.31 Å². The Balaban J connectivity index is 1.57. The second kappa shape index (κ2) is 9.80. The maximum absolute atomic E-state index is 11.9. The third kappa shape index (κ3) is 6.09. The fourth-order valence-electron chi connectivity index (χ4n) is 4.17. The Labute approximate surface area is 175 Å². The zero-order valence-electron chi connectivity index (χ0n) is 17.8. The zero-order valence-corrected chi connectivity index (χ0v) is 18.6. The van der Waals surface area contributed by atoms with E-state index in [1.54, 1.807) is 11.4 Å². The summed E-state index contributed by atoms with van der Waals surface area (Å²) in [6.07, 6.45) is 8.10. The van der Waals surface area contributed by atoms with Crippen molar-refractivity contribution in [2.75, 3.05) is 26.4 Å². The monoisotopic (exact) mass is 422 g/mol. The van der Waals surface area contributed by atoms with Crippen molar-refractivity contribution < 1.29 is 13.2 Å². The van der Waals surface area contributed by atoms with Crippen LogP contribution < -0.4 is 15.4 Å². The van der Waals surface area contributed by atoms with Crippen LogP contribution in [-0.2, 0) is 16.6 Å². The van der Waals surface area contributed by atoms with Crippen LogP contribution in [-0.4, -0.2) is 57.2 Å². The minimum atomic E-state index is -3.17. The van der Waals surface area contributed by atoms with Crippen LogP contribution in [0.2, 0.25) is 0 Å². The van der Waals surface area contributed by atoms with Gasteiger partial charge in [0, 0.05) is 38.3 Å². The molecule has 0 bridgehead atoms. The smallest absolute Gasteiger partial charge is 0.211 e. The number of nitrogens with zero attached hydrogens (tertiary/aromatic N) is 2. The Kier molecular flexibility index (Phi) is 7.40. The first-order valence-electron chi connectivity index (χ1n) is 10.5. The van der Waals surface area contributed by atoms with E-state index in [0.717, 1.165) is 37.0 Å². The molecule has 1 aromatic rings. The van der Waals surface area contributed by atoms with Gasteiger partial charge in [0.15, 0.2) is 5.96 Å². The van der Waals surface area contributed by atoms with E-state index in [0.29, 0.717) is 31.7 Å². The molecule has 2 aliphatic rings. The lowest BCUT2D eigenvalue weighted by molar-refractivity contribution is 0.207. The number of benzene rings is 1. The van der Waals surface area contributed by atoms with Crippen LogP contribution >= 0.6 is 0 Å². The van der Waals surface area contributed by atoms with Gasteiger partial charge in [-0.25, -0.2) is 8.42 Å². The lowest BCUT2D eigenvalue weighted by Gasteiger charge is -2.23. The molecule has 0 aromatic heterocycles. The highest BCUT2D eigenvalue weighted by molar-refractivity contribution is 7.88. The molecule has 1 saturated heterocycles. The van der Waals surface area contributed by atoms with Crippen molar-refractivity contribution in [2.24, 2.45) is 4.99 Å². The topological polar surface area (TPSA) is 83.0 Å². The third-order valence-electron chi connectivity index (χ3n) is 5.74. The van der Waals surface area contributed by atoms with Crippen LogP contribution in [0.25, 0.3) is 0 Å². The number of nitrogens with one attached hydrogen (secondary N) is 2. The number of ether oxygens (including phenoxy) is 1. The third-order valence-corrected chi connectivity index (χ3v) is 7.08. The Bertz CT molecular complexity index is 819. The van der Waals surface area contributed by atoms with Gasteiger partial charge >= 0.3 is 0 Å². The van der Waals surface area contributed by atoms with Crippen molar-refractivity contribution in [3.05, 3.63) is 29.3 Å². The van der Waals surface area contributed by atoms with Gasteiger partial charge in [-0.15, -0.1) is 0 Å². The molecule has 1 aliphatic carbocycles. The number of guanidine groups is 1. The summed E-state index contributed by atoms with van der Waals surface area (Å²) in [6.45, 7) is 3.82. The molecule has 29 heavy (non-hydrogen) atoms. The summed E-state index contributed by atoms with van der Waals surface area (Å²) in [6, 6.07) is 6.28. The van der Waals surface area contributed by atoms with Crippen molar-refractivity contribution >= 4 is 16.0 Å². The van der Waals surface area contributed by atoms with Crippen LogP contribution in [0.15, 0.2) is 23.2 Å². The van der Waals surface area contributed by atoms with E-state index < -0.39 is 10.0 Å². The molecule has 1 aliphatic heterocycles. The predicted molar refractivity (Wildman–Crippen MR) is 117 cm³/mol. The molecule has 2 N–H and O–H groups in total. The molecule has 0 amide bonds. The molecule has 1 saturated carbocycles. The number of rotatable bonds is 7. The van der Waals surface area contributed by atoms with E-state index in [9.17, 15) is 8.42 Å². The Morgan fingerprint density at radius 2 is 1.97 bits per heavy atom. The zero-order chi connectivity index (χ0) is 20.9. The average molecular weight is 423 g/mol. The fourth-order valence-corrected chi connectivity index (χ4v) is 5.35. The first kappa shape index (κ1) is 21.9. The quantitative estimate of drug-likeness (QED) is 0.521. The van der Waals surface area contributed by atoms with Crippen LogP contribution in [0.1, 0.15) is 49.7 Å². The van der Waals surface area contributed by atoms with Gasteiger partial charge in [-0.3, -0.25) is 4.99 Å². The molecule has 0 radical (unpaired) electrons. The molecule has 2 fully saturated rings. The number of sulfonamides is 1. The Morgan fingerprint density at radius 3 is 2.66 bits per heavy atom. The maximum atomic E-state index is 11.9. The molecule has 1 heterocycles. The molecule has 7 nitrogen and oxygen atoms in total. The molecule has 8 heteroatoms. The standard InChI is InChI=1S/C21H34N4O3S/c1-16-10-11-17(20(13-16)28-19-8-4-5-9-19)14-23-21(22-2)24-15-18-7-6-12-25(18)29(3,26)27/h10-11,13,18-19H,4-9,12,14-15H2,1-3H3,(H2,22,23,24)/t18-/m1/s1. The molecule has 0 spiro atoms. The molecular formula is C21H34N4O3S. The maximum Gasteiger partial charge on any atom is 0.211 e. The number of hydrogen-bond donors (Lipinski definition) is 2. The molecular weight excluding hydrogens is 388 g/mol. The van der Waals surface area contributed by atoms with Crippen molar-refractivity contribution in [1.29, 1.82) is 0 Å². The highest BCUT2D eigenvalue weighted by Crippen LogP contribution is 2.27. The molecule has 3 rings (SSSR count). The second-order valence-corrected chi connectivity index (χ2v) is 10.0. The first-order valence-corrected chi connectivity index (χ1v) is 12.4. The largest absolute Gasteiger partial charge is 0.490 e. The molecule has 0 unspecified atom stereocenters. The van der Waals surface area contributed by atoms with Gasteiger partial charge in [0.05, 0.1) is 12.4 Å². The van der Waals surface area contributed by atoms with Gasteiger partial charge in [-0.1, -0.05) is 12.1 Å². The number of hydrogen-bond acceptors (Lipinski definition) is 4. The van der Waals surface area contributed by atoms with Crippen LogP contribution in [0.5, 0.6) is 5.75 Å². The summed E-state index contributed by atoms with van der Waals surface area (Å²) >= 11 is 0. The SMILES string of the molecule is CN=C(NCc1ccc(C)cc1OC1CCCC1)NC[C@H]1CCCN1S(C)(=O)=O. The summed E-state index contributed by atoms with van der Waals surface area (Å²) in [4.78, 5) is 4.29. The van der Waals surface area contributed by atoms with E-state index in [1.807, 2.05) is 0 Å². The predicted octanol–water partition coefficient (Wildman–Crippen LogP) is 2.41. The summed E-state index contributed by atoms with van der Waals surface area (Å²) in [5.74, 6) is 1.61. The van der Waals surface area contributed by atoms with E-state index in [-0.39, 0.29) is 6.04 Å². The summed E-state index contributed by atoms with van der Waals surface area (Å²) in [7, 11) is -1.44. The minimum Gasteiger partial charge on any atom is -0.490 e. The van der Waals surface area contributed by atoms with Gasteiger partial charge in [0.2, 0.25) is 10.0 Å². The minimum absolute atomic E-state index is 0.0239. The van der Waals surface area contributed by atoms with Gasteiger partial charge in [0.25, 0.3) is 0 Å². The lowest BCUT2D eigenvalue weighted by Crippen LogP contribution is -2.46. The highest BCUT2D eigenvalue weighted by atomic mass is 32.2. The molecule has 1 atom stereocenters. The normalized spacial score (nSPS) is 21.5. The van der Waals surface area contributed by atoms with E-state index >= 15 is 0 Å². The lowest BCUT2D eigenvalue weighted by atomic mass is 10.1. The summed E-state index contributed by atoms with van der Waals surface area (Å²) in [5.41, 5.74) is 2.29. The highest BCUT2D eigenvalue weighted by Gasteiger charge is 2.31. The van der Waals surface area contributed by atoms with Crippen LogP contribution in [0.4, 0.5) is 0 Å². The average Bonchev–Trinajstić information content (AvgIpc) is 3.34. The van der Waals surface area contributed by atoms with E-state index in [4.69, 9.17) is 4.74 Å². The fraction of sp³-hybridized carbons (Fsp3) is 0.667. The van der Waals surface area contributed by atoms with Crippen molar-refractivity contribution in [3.8, 4) is 5.75 Å². The van der Waals surface area contributed by atoms with Gasteiger partial charge in [-0.05, 0) is 57.1 Å². The summed E-state index contributed by atoms with van der Waals surface area (Å²) in [5, 5.41) is 6.62. The number of aryl methyl sites for hydroxylation is 1. The van der Waals surface area contributed by atoms with Crippen molar-refractivity contribution in [3.63, 3.8) is 0 Å². The Hall–Kier alpha value is -1.80. The molecule has 1 aromatic carbocycles. The van der Waals surface area contributed by atoms with Crippen molar-refractivity contribution in [2.45, 2.75) is 64.1 Å². The second-order valence-electron chi connectivity index (χ2n) is 8.11. The van der Waals surface area contributed by atoms with Gasteiger partial charge < -0.3 is 15.4 Å². The van der Waals surface area contributed by atoms with Crippen LogP contribution in [0, 0.1) is 6.92 Å².